The monoisotopic (exact) mass is 532 g/mol. The number of rotatable bonds is 5. The minimum absolute atomic E-state index is 0.156. The summed E-state index contributed by atoms with van der Waals surface area (Å²) in [5.41, 5.74) is -0.647. The summed E-state index contributed by atoms with van der Waals surface area (Å²) in [7, 11) is 1.56. The zero-order chi connectivity index (χ0) is 28.3. The van der Waals surface area contributed by atoms with Crippen molar-refractivity contribution in [1.82, 2.24) is 29.0 Å². The molecule has 1 saturated heterocycles. The first-order valence-electron chi connectivity index (χ1n) is 12.7. The fourth-order valence-corrected chi connectivity index (χ4v) is 4.62. The lowest BCUT2D eigenvalue weighted by Crippen LogP contribution is -2.49. The van der Waals surface area contributed by atoms with Gasteiger partial charge in [-0.15, -0.1) is 5.92 Å². The van der Waals surface area contributed by atoms with E-state index in [4.69, 9.17) is 9.72 Å². The van der Waals surface area contributed by atoms with Gasteiger partial charge in [-0.05, 0) is 52.7 Å². The maximum atomic E-state index is 13.8. The minimum Gasteiger partial charge on any atom is -0.444 e. The molecular formula is C27H32N8O4. The quantitative estimate of drug-likeness (QED) is 0.490. The van der Waals surface area contributed by atoms with Gasteiger partial charge >= 0.3 is 11.8 Å². The van der Waals surface area contributed by atoms with E-state index in [0.29, 0.717) is 24.7 Å². The highest BCUT2D eigenvalue weighted by atomic mass is 16.6. The van der Waals surface area contributed by atoms with Gasteiger partial charge in [-0.2, -0.15) is 10.2 Å². The second kappa shape index (κ2) is 11.0. The summed E-state index contributed by atoms with van der Waals surface area (Å²) < 4.78 is 9.52. The zero-order valence-electron chi connectivity index (χ0n) is 22.8. The molecule has 1 aliphatic heterocycles. The van der Waals surface area contributed by atoms with Crippen molar-refractivity contribution in [3.8, 4) is 17.9 Å². The molecule has 3 aromatic rings. The molecule has 0 spiro atoms. The average molecular weight is 533 g/mol. The number of carbonyl (C=O) groups excluding carboxylic acids is 1. The molecule has 4 heterocycles. The molecular weight excluding hydrogens is 500 g/mol. The van der Waals surface area contributed by atoms with Crippen LogP contribution in [0, 0.1) is 23.2 Å². The number of ether oxygens (including phenoxy) is 1. The van der Waals surface area contributed by atoms with Gasteiger partial charge in [-0.3, -0.25) is 23.5 Å². The molecule has 0 unspecified atom stereocenters. The van der Waals surface area contributed by atoms with Gasteiger partial charge < -0.3 is 15.0 Å². The number of hydrogen-bond acceptors (Lipinski definition) is 8. The Bertz CT molecular complexity index is 1620. The van der Waals surface area contributed by atoms with E-state index >= 15 is 0 Å². The number of alkyl carbamates (subject to hydrolysis) is 1. The minimum atomic E-state index is -0.612. The van der Waals surface area contributed by atoms with Crippen LogP contribution in [0.25, 0.3) is 11.2 Å². The number of hydrogen-bond donors (Lipinski definition) is 1. The van der Waals surface area contributed by atoms with Gasteiger partial charge in [-0.25, -0.2) is 9.59 Å². The second-order valence-corrected chi connectivity index (χ2v) is 10.4. The number of anilines is 1. The molecule has 4 rings (SSSR count). The van der Waals surface area contributed by atoms with E-state index in [9.17, 15) is 19.6 Å². The molecule has 1 fully saturated rings. The highest BCUT2D eigenvalue weighted by Crippen LogP contribution is 2.23. The van der Waals surface area contributed by atoms with E-state index in [1.165, 1.54) is 10.8 Å². The highest BCUT2D eigenvalue weighted by Gasteiger charge is 2.29. The number of nitrogens with one attached hydrogen (secondary N) is 1. The standard InChI is InChI=1S/C27H32N8O4/c1-6-7-14-34-21-22(31-24(34)33-13-9-11-19(16-33)30-25(37)39-27(2,3)4)32(5)26(38)35(23(21)36)17-20-18(15-28)10-8-12-29-20/h8,10,12,19H,9,11,13-14,16-17H2,1-5H3,(H,30,37)/t19-/m1/s1. The Hall–Kier alpha value is -4.58. The first kappa shape index (κ1) is 27.5. The van der Waals surface area contributed by atoms with Gasteiger partial charge in [0.1, 0.15) is 11.7 Å². The van der Waals surface area contributed by atoms with Crippen molar-refractivity contribution in [1.29, 1.82) is 5.26 Å². The molecule has 12 heteroatoms. The lowest BCUT2D eigenvalue weighted by atomic mass is 10.1. The van der Waals surface area contributed by atoms with Crippen LogP contribution in [0.3, 0.4) is 0 Å². The molecule has 12 nitrogen and oxygen atoms in total. The largest absolute Gasteiger partial charge is 0.444 e. The van der Waals surface area contributed by atoms with Gasteiger partial charge in [0.25, 0.3) is 5.56 Å². The first-order chi connectivity index (χ1) is 18.5. The number of nitriles is 1. The Kier molecular flexibility index (Phi) is 7.77. The SMILES string of the molecule is CC#CCn1c(N2CCC[C@@H](NC(=O)OC(C)(C)C)C2)nc2c1c(=O)n(Cc1ncccc1C#N)c(=O)n2C. The number of amides is 1. The summed E-state index contributed by atoms with van der Waals surface area (Å²) in [6.07, 6.45) is 2.57. The number of piperidine rings is 1. The van der Waals surface area contributed by atoms with E-state index in [-0.39, 0.29) is 35.9 Å². The lowest BCUT2D eigenvalue weighted by molar-refractivity contribution is 0.0499. The molecule has 1 atom stereocenters. The van der Waals surface area contributed by atoms with Crippen LogP contribution in [0.4, 0.5) is 10.7 Å². The molecule has 0 bridgehead atoms. The lowest BCUT2D eigenvalue weighted by Gasteiger charge is -2.34. The molecule has 3 aromatic heterocycles. The first-order valence-corrected chi connectivity index (χ1v) is 12.7. The molecule has 204 valence electrons. The van der Waals surface area contributed by atoms with Crippen molar-refractivity contribution in [3.63, 3.8) is 0 Å². The Morgan fingerprint density at radius 2 is 2.05 bits per heavy atom. The number of carbonyl (C=O) groups is 1. The molecule has 0 aromatic carbocycles. The van der Waals surface area contributed by atoms with Gasteiger partial charge in [0.2, 0.25) is 5.95 Å². The second-order valence-electron chi connectivity index (χ2n) is 10.4. The normalized spacial score (nSPS) is 15.4. The van der Waals surface area contributed by atoms with E-state index < -0.39 is 22.9 Å². The van der Waals surface area contributed by atoms with Crippen LogP contribution in [0.15, 0.2) is 27.9 Å². The van der Waals surface area contributed by atoms with Crippen molar-refractivity contribution < 1.29 is 9.53 Å². The van der Waals surface area contributed by atoms with Crippen molar-refractivity contribution >= 4 is 23.2 Å². The van der Waals surface area contributed by atoms with Gasteiger partial charge in [0.15, 0.2) is 11.2 Å². The molecule has 0 saturated carbocycles. The van der Waals surface area contributed by atoms with Crippen molar-refractivity contribution in [3.05, 3.63) is 50.4 Å². The summed E-state index contributed by atoms with van der Waals surface area (Å²) >= 11 is 0. The fraction of sp³-hybridized carbons (Fsp3) is 0.481. The third-order valence-electron chi connectivity index (χ3n) is 6.37. The van der Waals surface area contributed by atoms with Crippen LogP contribution in [-0.4, -0.2) is 54.5 Å². The Morgan fingerprint density at radius 1 is 1.28 bits per heavy atom. The number of nitrogens with zero attached hydrogens (tertiary/aromatic N) is 7. The van der Waals surface area contributed by atoms with Crippen LogP contribution >= 0.6 is 0 Å². The van der Waals surface area contributed by atoms with Gasteiger partial charge in [0.05, 0.1) is 24.3 Å². The molecule has 1 amide bonds. The summed E-state index contributed by atoms with van der Waals surface area (Å²) in [5.74, 6) is 6.35. The van der Waals surface area contributed by atoms with Gasteiger partial charge in [-0.1, -0.05) is 5.92 Å². The van der Waals surface area contributed by atoms with Crippen LogP contribution < -0.4 is 21.5 Å². The van der Waals surface area contributed by atoms with Crippen molar-refractivity contribution in [2.75, 3.05) is 18.0 Å². The van der Waals surface area contributed by atoms with E-state index in [1.54, 1.807) is 30.7 Å². The summed E-state index contributed by atoms with van der Waals surface area (Å²) in [5, 5.41) is 12.4. The third-order valence-corrected chi connectivity index (χ3v) is 6.37. The molecule has 39 heavy (non-hydrogen) atoms. The van der Waals surface area contributed by atoms with Gasteiger partial charge in [0, 0.05) is 32.4 Å². The van der Waals surface area contributed by atoms with Crippen LogP contribution in [0.2, 0.25) is 0 Å². The number of fused-ring (bicyclic) bond motifs is 1. The van der Waals surface area contributed by atoms with E-state index in [2.05, 4.69) is 28.2 Å². The summed E-state index contributed by atoms with van der Waals surface area (Å²) in [6.45, 7) is 8.26. The maximum Gasteiger partial charge on any atom is 0.407 e. The van der Waals surface area contributed by atoms with Crippen molar-refractivity contribution in [2.45, 2.75) is 65.3 Å². The maximum absolute atomic E-state index is 13.8. The van der Waals surface area contributed by atoms with Crippen LogP contribution in [0.1, 0.15) is 51.8 Å². The predicted molar refractivity (Wildman–Crippen MR) is 145 cm³/mol. The molecule has 0 radical (unpaired) electrons. The number of aryl methyl sites for hydroxylation is 1. The van der Waals surface area contributed by atoms with E-state index in [0.717, 1.165) is 17.4 Å². The van der Waals surface area contributed by atoms with Crippen LogP contribution in [0.5, 0.6) is 0 Å². The third kappa shape index (κ3) is 5.80. The number of aromatic nitrogens is 5. The van der Waals surface area contributed by atoms with E-state index in [1.807, 2.05) is 25.7 Å². The Balaban J connectivity index is 1.77. The highest BCUT2D eigenvalue weighted by molar-refractivity contribution is 5.75. The van der Waals surface area contributed by atoms with Crippen molar-refractivity contribution in [2.24, 2.45) is 7.05 Å². The average Bonchev–Trinajstić information content (AvgIpc) is 3.27. The van der Waals surface area contributed by atoms with Crippen LogP contribution in [-0.2, 0) is 24.9 Å². The molecule has 0 aliphatic carbocycles. The Labute approximate surface area is 225 Å². The molecule has 1 aliphatic rings. The smallest absolute Gasteiger partial charge is 0.407 e. The number of imidazole rings is 1. The summed E-state index contributed by atoms with van der Waals surface area (Å²) in [4.78, 5) is 50.3. The molecule has 1 N–H and O–H groups in total. The summed E-state index contributed by atoms with van der Waals surface area (Å²) in [6, 6.07) is 5.08. The predicted octanol–water partition coefficient (Wildman–Crippen LogP) is 1.73. The Morgan fingerprint density at radius 3 is 2.74 bits per heavy atom. The topological polar surface area (TPSA) is 140 Å². The zero-order valence-corrected chi connectivity index (χ0v) is 22.8. The number of pyridine rings is 1. The fourth-order valence-electron chi connectivity index (χ4n) is 4.62.